The SMILES string of the molecule is CC1CN(c2nc(C(F)(F)F)ns2)CC1N. The van der Waals surface area contributed by atoms with Gasteiger partial charge in [-0.3, -0.25) is 0 Å². The molecule has 2 unspecified atom stereocenters. The first-order valence-corrected chi connectivity index (χ1v) is 5.56. The van der Waals surface area contributed by atoms with Crippen LogP contribution in [0.4, 0.5) is 18.3 Å². The van der Waals surface area contributed by atoms with E-state index in [1.165, 1.54) is 0 Å². The van der Waals surface area contributed by atoms with Crippen molar-refractivity contribution in [3.05, 3.63) is 5.82 Å². The molecule has 0 spiro atoms. The highest BCUT2D eigenvalue weighted by Gasteiger charge is 2.37. The van der Waals surface area contributed by atoms with Crippen LogP contribution in [-0.2, 0) is 6.18 Å². The van der Waals surface area contributed by atoms with E-state index < -0.39 is 12.0 Å². The number of halogens is 3. The first kappa shape index (κ1) is 11.6. The summed E-state index contributed by atoms with van der Waals surface area (Å²) in [6, 6.07) is -0.0155. The second kappa shape index (κ2) is 3.85. The third-order valence-electron chi connectivity index (χ3n) is 2.61. The highest BCUT2D eigenvalue weighted by Crippen LogP contribution is 2.31. The molecule has 2 rings (SSSR count). The molecular weight excluding hydrogens is 241 g/mol. The molecule has 0 aliphatic carbocycles. The first-order valence-electron chi connectivity index (χ1n) is 4.79. The molecule has 2 atom stereocenters. The molecular formula is C8H11F3N4S. The van der Waals surface area contributed by atoms with Gasteiger partial charge in [-0.2, -0.15) is 22.5 Å². The molecule has 0 saturated carbocycles. The van der Waals surface area contributed by atoms with Gasteiger partial charge in [0.1, 0.15) is 0 Å². The van der Waals surface area contributed by atoms with E-state index in [0.717, 1.165) is 11.5 Å². The van der Waals surface area contributed by atoms with Crippen LogP contribution in [0.3, 0.4) is 0 Å². The Morgan fingerprint density at radius 3 is 2.56 bits per heavy atom. The zero-order valence-corrected chi connectivity index (χ0v) is 9.35. The van der Waals surface area contributed by atoms with Crippen LogP contribution in [0, 0.1) is 5.92 Å². The van der Waals surface area contributed by atoms with Crippen molar-refractivity contribution in [1.82, 2.24) is 9.36 Å². The molecule has 1 fully saturated rings. The number of rotatable bonds is 1. The van der Waals surface area contributed by atoms with Crippen LogP contribution in [0.2, 0.25) is 0 Å². The summed E-state index contributed by atoms with van der Waals surface area (Å²) in [7, 11) is 0. The number of anilines is 1. The molecule has 0 amide bonds. The maximum Gasteiger partial charge on any atom is 0.452 e. The van der Waals surface area contributed by atoms with Crippen molar-refractivity contribution in [3.8, 4) is 0 Å². The Morgan fingerprint density at radius 2 is 2.12 bits per heavy atom. The van der Waals surface area contributed by atoms with Crippen molar-refractivity contribution in [1.29, 1.82) is 0 Å². The van der Waals surface area contributed by atoms with E-state index in [2.05, 4.69) is 9.36 Å². The standard InChI is InChI=1S/C8H11F3N4S/c1-4-2-15(3-5(4)12)7-13-6(14-16-7)8(9,10)11/h4-5H,2-3,12H2,1H3. The summed E-state index contributed by atoms with van der Waals surface area (Å²) in [6.07, 6.45) is -4.47. The van der Waals surface area contributed by atoms with Crippen LogP contribution in [0.15, 0.2) is 0 Å². The van der Waals surface area contributed by atoms with Gasteiger partial charge in [0.2, 0.25) is 11.0 Å². The van der Waals surface area contributed by atoms with E-state index in [1.54, 1.807) is 4.90 Å². The molecule has 16 heavy (non-hydrogen) atoms. The van der Waals surface area contributed by atoms with E-state index in [1.807, 2.05) is 6.92 Å². The third kappa shape index (κ3) is 2.12. The summed E-state index contributed by atoms with van der Waals surface area (Å²) >= 11 is 0.767. The van der Waals surface area contributed by atoms with Gasteiger partial charge in [0.25, 0.3) is 0 Å². The minimum atomic E-state index is -4.47. The van der Waals surface area contributed by atoms with Gasteiger partial charge in [-0.1, -0.05) is 6.92 Å². The molecule has 1 aromatic rings. The number of nitrogens with zero attached hydrogens (tertiary/aromatic N) is 3. The fraction of sp³-hybridized carbons (Fsp3) is 0.750. The van der Waals surface area contributed by atoms with Crippen molar-refractivity contribution >= 4 is 16.7 Å². The molecule has 2 N–H and O–H groups in total. The van der Waals surface area contributed by atoms with Crippen LogP contribution >= 0.6 is 11.5 Å². The number of nitrogens with two attached hydrogens (primary N) is 1. The summed E-state index contributed by atoms with van der Waals surface area (Å²) in [5.74, 6) is -0.807. The van der Waals surface area contributed by atoms with Gasteiger partial charge >= 0.3 is 6.18 Å². The lowest BCUT2D eigenvalue weighted by molar-refractivity contribution is -0.144. The van der Waals surface area contributed by atoms with Crippen molar-refractivity contribution in [2.45, 2.75) is 19.1 Å². The number of hydrogen-bond donors (Lipinski definition) is 1. The first-order chi connectivity index (χ1) is 7.38. The van der Waals surface area contributed by atoms with Gasteiger partial charge in [0, 0.05) is 30.7 Å². The van der Waals surface area contributed by atoms with E-state index in [0.29, 0.717) is 18.2 Å². The normalized spacial score (nSPS) is 26.4. The van der Waals surface area contributed by atoms with Crippen LogP contribution in [0.1, 0.15) is 12.7 Å². The van der Waals surface area contributed by atoms with Crippen molar-refractivity contribution in [2.75, 3.05) is 18.0 Å². The van der Waals surface area contributed by atoms with Crippen LogP contribution in [0.5, 0.6) is 0 Å². The third-order valence-corrected chi connectivity index (χ3v) is 3.39. The second-order valence-corrected chi connectivity index (χ2v) is 4.67. The molecule has 0 bridgehead atoms. The molecule has 4 nitrogen and oxygen atoms in total. The molecule has 0 aromatic carbocycles. The molecule has 1 saturated heterocycles. The fourth-order valence-corrected chi connectivity index (χ4v) is 2.31. The highest BCUT2D eigenvalue weighted by atomic mass is 32.1. The summed E-state index contributed by atoms with van der Waals surface area (Å²) in [5, 5.41) is 0.298. The van der Waals surface area contributed by atoms with Gasteiger partial charge in [-0.25, -0.2) is 0 Å². The summed E-state index contributed by atoms with van der Waals surface area (Å²) < 4.78 is 40.1. The van der Waals surface area contributed by atoms with Gasteiger partial charge in [-0.05, 0) is 5.92 Å². The van der Waals surface area contributed by atoms with E-state index >= 15 is 0 Å². The van der Waals surface area contributed by atoms with Gasteiger partial charge < -0.3 is 10.6 Å². The molecule has 2 heterocycles. The smallest absolute Gasteiger partial charge is 0.345 e. The average Bonchev–Trinajstić information content (AvgIpc) is 2.73. The Kier molecular flexibility index (Phi) is 2.79. The van der Waals surface area contributed by atoms with E-state index in [-0.39, 0.29) is 12.0 Å². The predicted octanol–water partition coefficient (Wildman–Crippen LogP) is 1.34. The Hall–Kier alpha value is -0.890. The number of aromatic nitrogens is 2. The van der Waals surface area contributed by atoms with Gasteiger partial charge in [0.05, 0.1) is 0 Å². The lowest BCUT2D eigenvalue weighted by Crippen LogP contribution is -2.28. The fourth-order valence-electron chi connectivity index (χ4n) is 1.61. The van der Waals surface area contributed by atoms with Crippen molar-refractivity contribution in [3.63, 3.8) is 0 Å². The van der Waals surface area contributed by atoms with E-state index in [4.69, 9.17) is 5.73 Å². The maximum absolute atomic E-state index is 12.3. The number of alkyl halides is 3. The summed E-state index contributed by atoms with van der Waals surface area (Å²) in [5.41, 5.74) is 5.79. The molecule has 1 aromatic heterocycles. The summed E-state index contributed by atoms with van der Waals surface area (Å²) in [6.45, 7) is 3.14. The van der Waals surface area contributed by atoms with E-state index in [9.17, 15) is 13.2 Å². The Bertz CT molecular complexity index is 368. The summed E-state index contributed by atoms with van der Waals surface area (Å²) in [4.78, 5) is 5.24. The Morgan fingerprint density at radius 1 is 1.44 bits per heavy atom. The largest absolute Gasteiger partial charge is 0.452 e. The monoisotopic (exact) mass is 252 g/mol. The van der Waals surface area contributed by atoms with Gasteiger partial charge in [0.15, 0.2) is 0 Å². The molecule has 1 aliphatic heterocycles. The Labute approximate surface area is 94.4 Å². The van der Waals surface area contributed by atoms with Gasteiger partial charge in [-0.15, -0.1) is 0 Å². The highest BCUT2D eigenvalue weighted by molar-refractivity contribution is 7.09. The van der Waals surface area contributed by atoms with Crippen LogP contribution in [0.25, 0.3) is 0 Å². The van der Waals surface area contributed by atoms with Crippen LogP contribution < -0.4 is 10.6 Å². The molecule has 1 aliphatic rings. The lowest BCUT2D eigenvalue weighted by Gasteiger charge is -2.12. The molecule has 8 heteroatoms. The molecule has 0 radical (unpaired) electrons. The maximum atomic E-state index is 12.3. The molecule has 90 valence electrons. The zero-order valence-electron chi connectivity index (χ0n) is 8.53. The average molecular weight is 252 g/mol. The van der Waals surface area contributed by atoms with Crippen molar-refractivity contribution in [2.24, 2.45) is 11.7 Å². The van der Waals surface area contributed by atoms with Crippen LogP contribution in [-0.4, -0.2) is 28.5 Å². The van der Waals surface area contributed by atoms with Crippen molar-refractivity contribution < 1.29 is 13.2 Å². The topological polar surface area (TPSA) is 55.0 Å². The predicted molar refractivity (Wildman–Crippen MR) is 54.3 cm³/mol. The minimum absolute atomic E-state index is 0.0155. The zero-order chi connectivity index (χ0) is 11.9. The second-order valence-electron chi connectivity index (χ2n) is 3.94. The number of hydrogen-bond acceptors (Lipinski definition) is 5. The quantitative estimate of drug-likeness (QED) is 0.819. The lowest BCUT2D eigenvalue weighted by atomic mass is 10.1. The minimum Gasteiger partial charge on any atom is -0.345 e. The Balaban J connectivity index is 2.14.